The van der Waals surface area contributed by atoms with Crippen LogP contribution in [0.4, 0.5) is 4.79 Å². The third kappa shape index (κ3) is 3.40. The van der Waals surface area contributed by atoms with Crippen molar-refractivity contribution >= 4 is 11.7 Å². The number of carbonyl (C=O) groups excluding carboxylic acids is 1. The van der Waals surface area contributed by atoms with E-state index in [9.17, 15) is 4.79 Å². The number of nitrogens with zero attached hydrogens (tertiary/aromatic N) is 1. The number of fused-ring (bicyclic) bond motifs is 1. The average Bonchev–Trinajstić information content (AvgIpc) is 3.18. The average molecular weight is 341 g/mol. The van der Waals surface area contributed by atoms with Crippen molar-refractivity contribution in [1.29, 1.82) is 0 Å². The molecule has 1 amide bonds. The second-order valence-electron chi connectivity index (χ2n) is 7.01. The maximum absolute atomic E-state index is 12.6. The van der Waals surface area contributed by atoms with Crippen molar-refractivity contribution in [2.45, 2.75) is 32.8 Å². The lowest BCUT2D eigenvalue weighted by atomic mass is 10.0. The molecule has 3 rings (SSSR count). The van der Waals surface area contributed by atoms with Crippen LogP contribution in [0.1, 0.15) is 32.8 Å². The van der Waals surface area contributed by atoms with Crippen LogP contribution in [0.25, 0.3) is 5.57 Å². The van der Waals surface area contributed by atoms with Gasteiger partial charge in [-0.2, -0.15) is 0 Å². The highest BCUT2D eigenvalue weighted by Crippen LogP contribution is 2.39. The predicted octanol–water partition coefficient (Wildman–Crippen LogP) is 4.51. The van der Waals surface area contributed by atoms with E-state index in [1.54, 1.807) is 11.0 Å². The summed E-state index contributed by atoms with van der Waals surface area (Å²) in [6, 6.07) is 5.64. The van der Waals surface area contributed by atoms with Gasteiger partial charge in [0.25, 0.3) is 0 Å². The standard InChI is InChI=1S/C20H23NO4/c1-6-14-9-10-21(19(22)25-20(3,4)5)18(14)13(2)15-7-8-16-17(11-15)24-12-23-16/h6-8,11H,1-2,9-10,12H2,3-5H3. The molecule has 0 saturated carbocycles. The molecular formula is C20H23NO4. The van der Waals surface area contributed by atoms with Gasteiger partial charge in [0.1, 0.15) is 5.60 Å². The van der Waals surface area contributed by atoms with Gasteiger partial charge in [-0.25, -0.2) is 4.79 Å². The summed E-state index contributed by atoms with van der Waals surface area (Å²) in [5.74, 6) is 1.39. The summed E-state index contributed by atoms with van der Waals surface area (Å²) in [6.45, 7) is 14.4. The van der Waals surface area contributed by atoms with E-state index in [4.69, 9.17) is 14.2 Å². The van der Waals surface area contributed by atoms with Crippen LogP contribution in [-0.2, 0) is 4.74 Å². The van der Waals surface area contributed by atoms with Crippen LogP contribution < -0.4 is 9.47 Å². The number of hydrogen-bond donors (Lipinski definition) is 0. The van der Waals surface area contributed by atoms with Crippen molar-refractivity contribution in [3.63, 3.8) is 0 Å². The molecule has 0 fully saturated rings. The summed E-state index contributed by atoms with van der Waals surface area (Å²) in [5.41, 5.74) is 2.78. The van der Waals surface area contributed by atoms with Crippen molar-refractivity contribution in [3.8, 4) is 11.5 Å². The first-order valence-corrected chi connectivity index (χ1v) is 8.25. The fraction of sp³-hybridized carbons (Fsp3) is 0.350. The molecule has 0 spiro atoms. The maximum atomic E-state index is 12.6. The van der Waals surface area contributed by atoms with Crippen molar-refractivity contribution in [3.05, 3.63) is 54.3 Å². The summed E-state index contributed by atoms with van der Waals surface area (Å²) in [5, 5.41) is 0. The van der Waals surface area contributed by atoms with E-state index >= 15 is 0 Å². The third-order valence-corrected chi connectivity index (χ3v) is 4.05. The van der Waals surface area contributed by atoms with E-state index in [1.165, 1.54) is 0 Å². The molecule has 0 bridgehead atoms. The van der Waals surface area contributed by atoms with Gasteiger partial charge < -0.3 is 14.2 Å². The number of carbonyl (C=O) groups is 1. The molecule has 0 unspecified atom stereocenters. The lowest BCUT2D eigenvalue weighted by molar-refractivity contribution is 0.0338. The van der Waals surface area contributed by atoms with Gasteiger partial charge in [0.15, 0.2) is 11.5 Å². The van der Waals surface area contributed by atoms with Gasteiger partial charge in [-0.3, -0.25) is 4.90 Å². The summed E-state index contributed by atoms with van der Waals surface area (Å²) in [7, 11) is 0. The smallest absolute Gasteiger partial charge is 0.414 e. The molecule has 0 saturated heterocycles. The summed E-state index contributed by atoms with van der Waals surface area (Å²) in [4.78, 5) is 14.2. The van der Waals surface area contributed by atoms with Crippen molar-refractivity contribution in [1.82, 2.24) is 4.90 Å². The number of hydrogen-bond acceptors (Lipinski definition) is 4. The zero-order valence-electron chi connectivity index (χ0n) is 14.9. The van der Waals surface area contributed by atoms with Crippen LogP contribution in [0.5, 0.6) is 11.5 Å². The highest BCUT2D eigenvalue weighted by molar-refractivity contribution is 5.86. The largest absolute Gasteiger partial charge is 0.454 e. The number of ether oxygens (including phenoxy) is 3. The van der Waals surface area contributed by atoms with Crippen LogP contribution >= 0.6 is 0 Å². The highest BCUT2D eigenvalue weighted by atomic mass is 16.7. The molecule has 2 aliphatic rings. The molecule has 2 aliphatic heterocycles. The minimum Gasteiger partial charge on any atom is -0.454 e. The van der Waals surface area contributed by atoms with Crippen LogP contribution in [0.15, 0.2) is 48.7 Å². The number of amides is 1. The summed E-state index contributed by atoms with van der Waals surface area (Å²) in [6.07, 6.45) is 2.13. The van der Waals surface area contributed by atoms with Gasteiger partial charge in [-0.15, -0.1) is 0 Å². The Kier molecular flexibility index (Phi) is 4.33. The number of allylic oxidation sites excluding steroid dienone is 2. The molecule has 132 valence electrons. The van der Waals surface area contributed by atoms with E-state index in [-0.39, 0.29) is 12.9 Å². The molecule has 1 aromatic rings. The normalized spacial score (nSPS) is 16.2. The minimum absolute atomic E-state index is 0.218. The first kappa shape index (κ1) is 17.1. The Balaban J connectivity index is 1.92. The van der Waals surface area contributed by atoms with Crippen LogP contribution in [-0.4, -0.2) is 29.9 Å². The summed E-state index contributed by atoms with van der Waals surface area (Å²) < 4.78 is 16.3. The van der Waals surface area contributed by atoms with Crippen LogP contribution in [0.3, 0.4) is 0 Å². The topological polar surface area (TPSA) is 48.0 Å². The highest BCUT2D eigenvalue weighted by Gasteiger charge is 2.32. The SMILES string of the molecule is C=CC1=C(C(=C)c2ccc3c(c2)OCO3)N(C(=O)OC(C)(C)C)CC1. The van der Waals surface area contributed by atoms with E-state index in [0.29, 0.717) is 18.0 Å². The molecule has 0 atom stereocenters. The third-order valence-electron chi connectivity index (χ3n) is 4.05. The Morgan fingerprint density at radius 3 is 2.68 bits per heavy atom. The van der Waals surface area contributed by atoms with Gasteiger partial charge in [0.2, 0.25) is 6.79 Å². The van der Waals surface area contributed by atoms with Gasteiger partial charge in [0.05, 0.1) is 5.70 Å². The van der Waals surface area contributed by atoms with E-state index in [0.717, 1.165) is 28.8 Å². The van der Waals surface area contributed by atoms with Gasteiger partial charge >= 0.3 is 6.09 Å². The molecule has 5 heteroatoms. The van der Waals surface area contributed by atoms with E-state index in [2.05, 4.69) is 13.2 Å². The minimum atomic E-state index is -0.556. The fourth-order valence-corrected chi connectivity index (χ4v) is 2.91. The second kappa shape index (κ2) is 6.31. The fourth-order valence-electron chi connectivity index (χ4n) is 2.91. The quantitative estimate of drug-likeness (QED) is 0.811. The molecule has 0 aliphatic carbocycles. The van der Waals surface area contributed by atoms with Crippen LogP contribution in [0.2, 0.25) is 0 Å². The lowest BCUT2D eigenvalue weighted by Gasteiger charge is -2.27. The number of rotatable bonds is 3. The zero-order valence-corrected chi connectivity index (χ0v) is 14.9. The van der Waals surface area contributed by atoms with E-state index in [1.807, 2.05) is 39.0 Å². The Bertz CT molecular complexity index is 770. The van der Waals surface area contributed by atoms with E-state index < -0.39 is 5.60 Å². The monoisotopic (exact) mass is 341 g/mol. The molecule has 0 aromatic heterocycles. The Labute approximate surface area is 148 Å². The number of benzene rings is 1. The maximum Gasteiger partial charge on any atom is 0.414 e. The Morgan fingerprint density at radius 1 is 1.28 bits per heavy atom. The Morgan fingerprint density at radius 2 is 2.00 bits per heavy atom. The molecule has 2 heterocycles. The van der Waals surface area contributed by atoms with Crippen LogP contribution in [0, 0.1) is 0 Å². The molecule has 1 aromatic carbocycles. The van der Waals surface area contributed by atoms with Gasteiger partial charge in [0, 0.05) is 6.54 Å². The molecule has 5 nitrogen and oxygen atoms in total. The van der Waals surface area contributed by atoms with Gasteiger partial charge in [-0.1, -0.05) is 25.3 Å². The van der Waals surface area contributed by atoms with Gasteiger partial charge in [-0.05, 0) is 56.0 Å². The zero-order chi connectivity index (χ0) is 18.2. The molecule has 0 N–H and O–H groups in total. The second-order valence-corrected chi connectivity index (χ2v) is 7.01. The van der Waals surface area contributed by atoms with Crippen molar-refractivity contribution < 1.29 is 19.0 Å². The first-order chi connectivity index (χ1) is 11.8. The Hall–Kier alpha value is -2.69. The lowest BCUT2D eigenvalue weighted by Crippen LogP contribution is -2.35. The molecule has 0 radical (unpaired) electrons. The summed E-state index contributed by atoms with van der Waals surface area (Å²) >= 11 is 0. The predicted molar refractivity (Wildman–Crippen MR) is 96.4 cm³/mol. The molecule has 25 heavy (non-hydrogen) atoms. The van der Waals surface area contributed by atoms with Crippen molar-refractivity contribution in [2.75, 3.05) is 13.3 Å². The molecular weight excluding hydrogens is 318 g/mol. The van der Waals surface area contributed by atoms with Crippen molar-refractivity contribution in [2.24, 2.45) is 0 Å². The first-order valence-electron chi connectivity index (χ1n) is 8.25.